The first-order chi connectivity index (χ1) is 14.5. The number of amides is 2. The first-order valence-electron chi connectivity index (χ1n) is 9.76. The summed E-state index contributed by atoms with van der Waals surface area (Å²) in [5.41, 5.74) is 0.917. The zero-order chi connectivity index (χ0) is 21.5. The largest absolute Gasteiger partial charge is 0.486 e. The number of aromatic amines is 1. The normalized spacial score (nSPS) is 19.3. The van der Waals surface area contributed by atoms with Crippen molar-refractivity contribution in [1.82, 2.24) is 20.5 Å². The highest BCUT2D eigenvalue weighted by molar-refractivity contribution is 7.13. The highest BCUT2D eigenvalue weighted by atomic mass is 32.1. The van der Waals surface area contributed by atoms with Crippen LogP contribution in [-0.2, 0) is 20.7 Å². The molecule has 3 N–H and O–H groups in total. The quantitative estimate of drug-likeness (QED) is 0.550. The topological polar surface area (TPSA) is 127 Å². The van der Waals surface area contributed by atoms with Crippen molar-refractivity contribution in [2.75, 3.05) is 26.1 Å². The molecule has 164 valence electrons. The molecule has 0 spiro atoms. The number of hydrogen-bond acceptors (Lipinski definition) is 8. The van der Waals surface area contributed by atoms with Crippen molar-refractivity contribution in [3.8, 4) is 5.06 Å². The molecule has 0 radical (unpaired) electrons. The molecule has 3 rings (SSSR count). The molecule has 1 aliphatic rings. The standard InChI is InChI=1S/C19H27N5O5S/c1-11(10-27-2)21-19(26)29-13-5-4-12(6-13)14-7-15(24-23-14)22-16(25)8-17-20-9-18(28-3)30-17/h7,9,11-13H,4-6,8,10H2,1-3H3,(H,21,26)(H2,22,23,24,25)/t11-,12-,13+/m0/s1. The van der Waals surface area contributed by atoms with E-state index < -0.39 is 6.09 Å². The van der Waals surface area contributed by atoms with Gasteiger partial charge in [0.25, 0.3) is 0 Å². The minimum absolute atomic E-state index is 0.107. The summed E-state index contributed by atoms with van der Waals surface area (Å²) < 4.78 is 15.6. The van der Waals surface area contributed by atoms with Crippen LogP contribution in [0, 0.1) is 0 Å². The number of H-pyrrole nitrogens is 1. The summed E-state index contributed by atoms with van der Waals surface area (Å²) in [5, 5.41) is 14.0. The summed E-state index contributed by atoms with van der Waals surface area (Å²) in [5.74, 6) is 0.467. The van der Waals surface area contributed by atoms with Crippen molar-refractivity contribution < 1.29 is 23.8 Å². The van der Waals surface area contributed by atoms with Gasteiger partial charge in [-0.1, -0.05) is 11.3 Å². The second kappa shape index (κ2) is 10.4. The van der Waals surface area contributed by atoms with E-state index in [0.29, 0.717) is 28.9 Å². The summed E-state index contributed by atoms with van der Waals surface area (Å²) >= 11 is 1.33. The zero-order valence-electron chi connectivity index (χ0n) is 17.3. The Labute approximate surface area is 178 Å². The van der Waals surface area contributed by atoms with Crippen LogP contribution in [0.5, 0.6) is 5.06 Å². The van der Waals surface area contributed by atoms with Crippen LogP contribution in [0.25, 0.3) is 0 Å². The van der Waals surface area contributed by atoms with E-state index in [4.69, 9.17) is 14.2 Å². The van der Waals surface area contributed by atoms with Gasteiger partial charge in [-0.15, -0.1) is 0 Å². The van der Waals surface area contributed by atoms with Gasteiger partial charge in [0.1, 0.15) is 11.1 Å². The molecule has 0 bridgehead atoms. The van der Waals surface area contributed by atoms with E-state index in [1.165, 1.54) is 11.3 Å². The van der Waals surface area contributed by atoms with Gasteiger partial charge in [0.05, 0.1) is 32.4 Å². The van der Waals surface area contributed by atoms with Gasteiger partial charge in [0, 0.05) is 24.8 Å². The number of aromatic nitrogens is 3. The van der Waals surface area contributed by atoms with Gasteiger partial charge in [-0.05, 0) is 26.2 Å². The zero-order valence-corrected chi connectivity index (χ0v) is 18.1. The molecule has 0 saturated heterocycles. The molecule has 1 fully saturated rings. The summed E-state index contributed by atoms with van der Waals surface area (Å²) in [6, 6.07) is 1.72. The van der Waals surface area contributed by atoms with Gasteiger partial charge in [0.15, 0.2) is 10.9 Å². The molecule has 10 nitrogen and oxygen atoms in total. The fourth-order valence-corrected chi connectivity index (χ4v) is 4.14. The lowest BCUT2D eigenvalue weighted by molar-refractivity contribution is -0.115. The third-order valence-corrected chi connectivity index (χ3v) is 5.75. The summed E-state index contributed by atoms with van der Waals surface area (Å²) in [4.78, 5) is 28.3. The lowest BCUT2D eigenvalue weighted by Gasteiger charge is -2.16. The molecular weight excluding hydrogens is 410 g/mol. The number of anilines is 1. The third-order valence-electron chi connectivity index (χ3n) is 4.79. The van der Waals surface area contributed by atoms with Crippen molar-refractivity contribution in [1.29, 1.82) is 0 Å². The number of nitrogens with one attached hydrogen (secondary N) is 3. The fourth-order valence-electron chi connectivity index (χ4n) is 3.41. The first-order valence-corrected chi connectivity index (χ1v) is 10.6. The molecule has 0 aromatic carbocycles. The second-order valence-corrected chi connectivity index (χ2v) is 8.33. The van der Waals surface area contributed by atoms with Crippen LogP contribution >= 0.6 is 11.3 Å². The minimum atomic E-state index is -0.429. The smallest absolute Gasteiger partial charge is 0.407 e. The van der Waals surface area contributed by atoms with Crippen molar-refractivity contribution in [2.45, 2.75) is 50.7 Å². The SMILES string of the molecule is COC[C@H](C)NC(=O)O[C@@H]1CC[C@H](c2cc(NC(=O)Cc3ncc(OC)s3)n[nH]2)C1. The Balaban J connectivity index is 1.45. The Bertz CT molecular complexity index is 854. The second-order valence-electron chi connectivity index (χ2n) is 7.25. The van der Waals surface area contributed by atoms with E-state index in [2.05, 4.69) is 25.8 Å². The van der Waals surface area contributed by atoms with Crippen molar-refractivity contribution in [3.63, 3.8) is 0 Å². The lowest BCUT2D eigenvalue weighted by atomic mass is 10.0. The summed E-state index contributed by atoms with van der Waals surface area (Å²) in [6.07, 6.45) is 3.54. The predicted octanol–water partition coefficient (Wildman–Crippen LogP) is 2.45. The van der Waals surface area contributed by atoms with Crippen LogP contribution in [-0.4, -0.2) is 60.2 Å². The van der Waals surface area contributed by atoms with Crippen molar-refractivity contribution in [3.05, 3.63) is 23.0 Å². The number of carbonyl (C=O) groups is 2. The molecule has 2 aromatic heterocycles. The number of carbonyl (C=O) groups excluding carboxylic acids is 2. The van der Waals surface area contributed by atoms with Gasteiger partial charge in [0.2, 0.25) is 5.91 Å². The molecule has 11 heteroatoms. The number of methoxy groups -OCH3 is 2. The summed E-state index contributed by atoms with van der Waals surface area (Å²) in [6.45, 7) is 2.29. The maximum absolute atomic E-state index is 12.2. The number of hydrogen-bond donors (Lipinski definition) is 3. The Hall–Kier alpha value is -2.66. The first kappa shape index (κ1) is 22.0. The van der Waals surface area contributed by atoms with Crippen LogP contribution in [0.15, 0.2) is 12.3 Å². The van der Waals surface area contributed by atoms with E-state index in [0.717, 1.165) is 18.5 Å². The Morgan fingerprint density at radius 2 is 2.20 bits per heavy atom. The number of nitrogens with zero attached hydrogens (tertiary/aromatic N) is 2. The van der Waals surface area contributed by atoms with E-state index in [9.17, 15) is 9.59 Å². The molecule has 2 heterocycles. The minimum Gasteiger partial charge on any atom is -0.486 e. The molecule has 2 aromatic rings. The average Bonchev–Trinajstić information content (AvgIpc) is 3.42. The molecule has 0 unspecified atom stereocenters. The van der Waals surface area contributed by atoms with E-state index >= 15 is 0 Å². The van der Waals surface area contributed by atoms with Crippen LogP contribution in [0.3, 0.4) is 0 Å². The highest BCUT2D eigenvalue weighted by Crippen LogP contribution is 2.35. The average molecular weight is 438 g/mol. The van der Waals surface area contributed by atoms with Gasteiger partial charge < -0.3 is 24.8 Å². The molecule has 0 aliphatic heterocycles. The van der Waals surface area contributed by atoms with Crippen LogP contribution < -0.4 is 15.4 Å². The molecule has 30 heavy (non-hydrogen) atoms. The van der Waals surface area contributed by atoms with Gasteiger partial charge >= 0.3 is 6.09 Å². The molecule has 1 aliphatic carbocycles. The van der Waals surface area contributed by atoms with E-state index in [1.54, 1.807) is 20.4 Å². The number of ether oxygens (including phenoxy) is 3. The molecule has 2 amide bonds. The van der Waals surface area contributed by atoms with Crippen molar-refractivity contribution in [2.24, 2.45) is 0 Å². The van der Waals surface area contributed by atoms with Gasteiger partial charge in [-0.3, -0.25) is 9.89 Å². The lowest BCUT2D eigenvalue weighted by Crippen LogP contribution is -2.37. The van der Waals surface area contributed by atoms with Crippen molar-refractivity contribution >= 4 is 29.2 Å². The van der Waals surface area contributed by atoms with Crippen LogP contribution in [0.4, 0.5) is 10.6 Å². The number of rotatable bonds is 9. The van der Waals surface area contributed by atoms with E-state index in [1.807, 2.05) is 13.0 Å². The van der Waals surface area contributed by atoms with Gasteiger partial charge in [-0.25, -0.2) is 9.78 Å². The van der Waals surface area contributed by atoms with Gasteiger partial charge in [-0.2, -0.15) is 5.10 Å². The monoisotopic (exact) mass is 437 g/mol. The van der Waals surface area contributed by atoms with Crippen LogP contribution in [0.2, 0.25) is 0 Å². The molecule has 3 atom stereocenters. The van der Waals surface area contributed by atoms with Crippen LogP contribution in [0.1, 0.15) is 42.8 Å². The van der Waals surface area contributed by atoms with E-state index in [-0.39, 0.29) is 30.4 Å². The fraction of sp³-hybridized carbons (Fsp3) is 0.579. The maximum atomic E-state index is 12.2. The highest BCUT2D eigenvalue weighted by Gasteiger charge is 2.30. The number of alkyl carbamates (subject to hydrolysis) is 1. The summed E-state index contributed by atoms with van der Waals surface area (Å²) in [7, 11) is 3.15. The Morgan fingerprint density at radius 1 is 1.37 bits per heavy atom. The molecule has 1 saturated carbocycles. The number of thiazole rings is 1. The predicted molar refractivity (Wildman–Crippen MR) is 111 cm³/mol. The third kappa shape index (κ3) is 6.17. The molecular formula is C19H27N5O5S. The Morgan fingerprint density at radius 3 is 2.93 bits per heavy atom. The Kier molecular flexibility index (Phi) is 7.63. The maximum Gasteiger partial charge on any atom is 0.407 e.